The van der Waals surface area contributed by atoms with E-state index in [4.69, 9.17) is 4.98 Å². The highest BCUT2D eigenvalue weighted by molar-refractivity contribution is 7.99. The number of benzene rings is 2. The molecule has 2 N–H and O–H groups in total. The molecule has 0 saturated heterocycles. The Morgan fingerprint density at radius 2 is 1.82 bits per heavy atom. The number of aryl methyl sites for hydroxylation is 2. The molecule has 1 fully saturated rings. The molecule has 0 bridgehead atoms. The number of aliphatic carboxylic acids is 1. The van der Waals surface area contributed by atoms with Gasteiger partial charge in [0.1, 0.15) is 0 Å². The van der Waals surface area contributed by atoms with E-state index in [1.165, 1.54) is 5.56 Å². The van der Waals surface area contributed by atoms with E-state index in [0.717, 1.165) is 72.4 Å². The minimum Gasteiger partial charge on any atom is -0.481 e. The summed E-state index contributed by atoms with van der Waals surface area (Å²) >= 11 is 1.89. The van der Waals surface area contributed by atoms with Gasteiger partial charge in [-0.3, -0.25) is 9.78 Å². The Labute approximate surface area is 237 Å². The predicted molar refractivity (Wildman–Crippen MR) is 163 cm³/mol. The van der Waals surface area contributed by atoms with Crippen LogP contribution in [0.5, 0.6) is 0 Å². The zero-order chi connectivity index (χ0) is 27.9. The molecule has 0 spiro atoms. The number of carbonyl (C=O) groups is 1. The fourth-order valence-electron chi connectivity index (χ4n) is 5.15. The van der Waals surface area contributed by atoms with Crippen LogP contribution in [0.25, 0.3) is 12.2 Å². The second-order valence-electron chi connectivity index (χ2n) is 11.4. The van der Waals surface area contributed by atoms with E-state index in [0.29, 0.717) is 0 Å². The van der Waals surface area contributed by atoms with Crippen molar-refractivity contribution in [1.82, 2.24) is 4.98 Å². The van der Waals surface area contributed by atoms with Crippen LogP contribution in [0.1, 0.15) is 91.8 Å². The van der Waals surface area contributed by atoms with Gasteiger partial charge in [-0.1, -0.05) is 74.0 Å². The van der Waals surface area contributed by atoms with E-state index in [-0.39, 0.29) is 17.1 Å². The number of carboxylic acid groups (broad SMARTS) is 1. The number of aliphatic hydroxyl groups is 1. The van der Waals surface area contributed by atoms with Crippen molar-refractivity contribution < 1.29 is 15.0 Å². The van der Waals surface area contributed by atoms with Crippen LogP contribution in [-0.4, -0.2) is 26.9 Å². The molecule has 1 aromatic heterocycles. The van der Waals surface area contributed by atoms with Crippen LogP contribution in [0.4, 0.5) is 0 Å². The normalized spacial score (nSPS) is 15.4. The zero-order valence-electron chi connectivity index (χ0n) is 23.4. The molecule has 206 valence electrons. The van der Waals surface area contributed by atoms with E-state index in [1.54, 1.807) is 0 Å². The monoisotopic (exact) mass is 543 g/mol. The summed E-state index contributed by atoms with van der Waals surface area (Å²) < 4.78 is 0. The van der Waals surface area contributed by atoms with Gasteiger partial charge in [-0.2, -0.15) is 11.8 Å². The number of nitrogens with zero attached hydrogens (tertiary/aromatic N) is 1. The van der Waals surface area contributed by atoms with Crippen LogP contribution in [0.3, 0.4) is 0 Å². The molecule has 4 nitrogen and oxygen atoms in total. The summed E-state index contributed by atoms with van der Waals surface area (Å²) in [5.74, 6) is 0.151. The SMILES string of the molecule is CCCc1cccc(/C=C/c2cccc([C@@H](CCc3ccccc3C(C)(C)O)SCC3(CC(=O)O)CC3)c2)n1. The highest BCUT2D eigenvalue weighted by Gasteiger charge is 2.44. The summed E-state index contributed by atoms with van der Waals surface area (Å²) in [7, 11) is 0. The van der Waals surface area contributed by atoms with E-state index in [9.17, 15) is 15.0 Å². The summed E-state index contributed by atoms with van der Waals surface area (Å²) in [6.45, 7) is 5.84. The van der Waals surface area contributed by atoms with Crippen LogP contribution in [0.15, 0.2) is 66.7 Å². The van der Waals surface area contributed by atoms with Crippen LogP contribution >= 0.6 is 11.8 Å². The number of pyridine rings is 1. The lowest BCUT2D eigenvalue weighted by Gasteiger charge is -2.24. The Kier molecular flexibility index (Phi) is 9.68. The highest BCUT2D eigenvalue weighted by Crippen LogP contribution is 2.53. The molecule has 4 rings (SSSR count). The first-order valence-corrected chi connectivity index (χ1v) is 15.1. The van der Waals surface area contributed by atoms with Crippen molar-refractivity contribution in [2.24, 2.45) is 5.41 Å². The molecule has 0 amide bonds. The quantitative estimate of drug-likeness (QED) is 0.215. The average molecular weight is 544 g/mol. The molecule has 1 atom stereocenters. The Balaban J connectivity index is 1.54. The largest absolute Gasteiger partial charge is 0.481 e. The molecule has 0 aliphatic heterocycles. The fourth-order valence-corrected chi connectivity index (χ4v) is 6.72. The zero-order valence-corrected chi connectivity index (χ0v) is 24.2. The molecule has 0 radical (unpaired) electrons. The molecule has 3 aromatic rings. The maximum Gasteiger partial charge on any atom is 0.303 e. The number of thioether (sulfide) groups is 1. The first-order chi connectivity index (χ1) is 18.7. The molecule has 1 aliphatic rings. The van der Waals surface area contributed by atoms with E-state index >= 15 is 0 Å². The van der Waals surface area contributed by atoms with Crippen LogP contribution in [-0.2, 0) is 23.2 Å². The summed E-state index contributed by atoms with van der Waals surface area (Å²) in [5.41, 5.74) is 5.63. The Bertz CT molecular complexity index is 1290. The molecular formula is C34H41NO3S. The molecule has 1 heterocycles. The van der Waals surface area contributed by atoms with Gasteiger partial charge in [0.05, 0.1) is 17.7 Å². The first-order valence-electron chi connectivity index (χ1n) is 14.1. The topological polar surface area (TPSA) is 70.4 Å². The van der Waals surface area contributed by atoms with Crippen molar-refractivity contribution in [2.45, 2.75) is 76.6 Å². The van der Waals surface area contributed by atoms with Gasteiger partial charge in [0.25, 0.3) is 0 Å². The van der Waals surface area contributed by atoms with Gasteiger partial charge in [-0.15, -0.1) is 0 Å². The molecule has 1 saturated carbocycles. The van der Waals surface area contributed by atoms with Crippen molar-refractivity contribution >= 4 is 29.9 Å². The summed E-state index contributed by atoms with van der Waals surface area (Å²) in [5, 5.41) is 20.4. The third-order valence-electron chi connectivity index (χ3n) is 7.49. The molecule has 2 aromatic carbocycles. The minimum absolute atomic E-state index is 0.0631. The van der Waals surface area contributed by atoms with Crippen LogP contribution in [0, 0.1) is 5.41 Å². The van der Waals surface area contributed by atoms with Crippen molar-refractivity contribution in [1.29, 1.82) is 0 Å². The van der Waals surface area contributed by atoms with E-state index in [1.807, 2.05) is 49.9 Å². The lowest BCUT2D eigenvalue weighted by atomic mass is 9.90. The average Bonchev–Trinajstić information content (AvgIpc) is 3.66. The standard InChI is InChI=1S/C34H41NO3S/c1-4-9-28-13-8-14-29(35-28)18-16-25-10-7-12-27(22-25)31(39-24-34(20-21-34)23-32(36)37)19-17-26-11-5-6-15-30(26)33(2,3)38/h5-8,10-16,18,22,31,38H,4,9,17,19-21,23-24H2,1-3H3,(H,36,37)/b18-16+/t31-/m1/s1. The number of carboxylic acids is 1. The molecule has 1 aliphatic carbocycles. The lowest BCUT2D eigenvalue weighted by molar-refractivity contribution is -0.138. The van der Waals surface area contributed by atoms with E-state index in [2.05, 4.69) is 61.5 Å². The number of rotatable bonds is 14. The van der Waals surface area contributed by atoms with Crippen LogP contribution in [0.2, 0.25) is 0 Å². The van der Waals surface area contributed by atoms with Crippen molar-refractivity contribution in [3.05, 3.63) is 100 Å². The van der Waals surface area contributed by atoms with Crippen molar-refractivity contribution in [2.75, 3.05) is 5.75 Å². The van der Waals surface area contributed by atoms with Gasteiger partial charge < -0.3 is 10.2 Å². The fraction of sp³-hybridized carbons (Fsp3) is 0.412. The molecule has 39 heavy (non-hydrogen) atoms. The van der Waals surface area contributed by atoms with Gasteiger partial charge in [0.15, 0.2) is 0 Å². The number of aromatic nitrogens is 1. The summed E-state index contributed by atoms with van der Waals surface area (Å²) in [4.78, 5) is 16.2. The minimum atomic E-state index is -0.897. The van der Waals surface area contributed by atoms with Crippen molar-refractivity contribution in [3.8, 4) is 0 Å². The molecule has 0 unspecified atom stereocenters. The van der Waals surface area contributed by atoms with Gasteiger partial charge in [-0.05, 0) is 91.8 Å². The number of hydrogen-bond donors (Lipinski definition) is 2. The van der Waals surface area contributed by atoms with Gasteiger partial charge in [0, 0.05) is 16.7 Å². The van der Waals surface area contributed by atoms with Gasteiger partial charge in [-0.25, -0.2) is 0 Å². The van der Waals surface area contributed by atoms with Crippen molar-refractivity contribution in [3.63, 3.8) is 0 Å². The summed E-state index contributed by atoms with van der Waals surface area (Å²) in [6, 6.07) is 23.0. The second kappa shape index (κ2) is 13.0. The Hall–Kier alpha value is -2.89. The number of hydrogen-bond acceptors (Lipinski definition) is 4. The Morgan fingerprint density at radius 3 is 2.54 bits per heavy atom. The second-order valence-corrected chi connectivity index (χ2v) is 12.6. The van der Waals surface area contributed by atoms with Gasteiger partial charge in [0.2, 0.25) is 0 Å². The third-order valence-corrected chi connectivity index (χ3v) is 9.18. The first kappa shape index (κ1) is 29.1. The van der Waals surface area contributed by atoms with Crippen LogP contribution < -0.4 is 0 Å². The predicted octanol–water partition coefficient (Wildman–Crippen LogP) is 8.09. The smallest absolute Gasteiger partial charge is 0.303 e. The lowest BCUT2D eigenvalue weighted by Crippen LogP contribution is -2.18. The van der Waals surface area contributed by atoms with E-state index < -0.39 is 11.6 Å². The summed E-state index contributed by atoms with van der Waals surface area (Å²) in [6.07, 6.45) is 10.3. The maximum atomic E-state index is 11.5. The molecule has 5 heteroatoms. The highest BCUT2D eigenvalue weighted by atomic mass is 32.2. The maximum absolute atomic E-state index is 11.5. The van der Waals surface area contributed by atoms with Gasteiger partial charge >= 0.3 is 5.97 Å². The molecular weight excluding hydrogens is 502 g/mol. The Morgan fingerprint density at radius 1 is 1.05 bits per heavy atom. The third kappa shape index (κ3) is 8.55.